The second-order valence-electron chi connectivity index (χ2n) is 24.9. The molecule has 13 rings (SSSR count). The maximum atomic E-state index is 7.45. The molecule has 7 aromatic carbocycles. The minimum atomic E-state index is -0.198. The average Bonchev–Trinajstić information content (AvgIpc) is 3.70. The number of para-hydroxylation sites is 2. The first-order valence-electron chi connectivity index (χ1n) is 26.0. The summed E-state index contributed by atoms with van der Waals surface area (Å²) in [5, 5.41) is 1.15. The molecule has 0 amide bonds. The minimum absolute atomic E-state index is 0.00236. The van der Waals surface area contributed by atoms with Crippen LogP contribution in [0.5, 0.6) is 0 Å². The van der Waals surface area contributed by atoms with Crippen LogP contribution in [0.25, 0.3) is 11.0 Å². The lowest BCUT2D eigenvalue weighted by Gasteiger charge is -2.56. The highest BCUT2D eigenvalue weighted by Crippen LogP contribution is 2.64. The predicted octanol–water partition coefficient (Wildman–Crippen LogP) is 15.9. The zero-order valence-electron chi connectivity index (χ0n) is 43.4. The van der Waals surface area contributed by atoms with Crippen molar-refractivity contribution < 1.29 is 4.42 Å². The third-order valence-corrected chi connectivity index (χ3v) is 17.8. The van der Waals surface area contributed by atoms with Crippen molar-refractivity contribution >= 4 is 85.5 Å². The fraction of sp³-hybridized carbons (Fsp3) is 0.323. The molecule has 0 fully saturated rings. The normalized spacial score (nSPS) is 19.5. The van der Waals surface area contributed by atoms with Crippen molar-refractivity contribution in [2.75, 3.05) is 14.7 Å². The van der Waals surface area contributed by atoms with Crippen molar-refractivity contribution in [3.8, 4) is 0 Å². The second kappa shape index (κ2) is 14.3. The number of hydrogen-bond acceptors (Lipinski definition) is 4. The van der Waals surface area contributed by atoms with Crippen LogP contribution in [-0.4, -0.2) is 6.71 Å². The van der Waals surface area contributed by atoms with E-state index in [4.69, 9.17) is 4.42 Å². The van der Waals surface area contributed by atoms with Gasteiger partial charge in [0.25, 0.3) is 6.71 Å². The molecule has 0 spiro atoms. The van der Waals surface area contributed by atoms with Gasteiger partial charge in [-0.15, -0.1) is 0 Å². The van der Waals surface area contributed by atoms with Gasteiger partial charge >= 0.3 is 0 Å². The fourth-order valence-corrected chi connectivity index (χ4v) is 14.0. The third kappa shape index (κ3) is 5.90. The monoisotopic (exact) mass is 916 g/mol. The molecule has 0 N–H and O–H groups in total. The van der Waals surface area contributed by atoms with Gasteiger partial charge in [-0.3, -0.25) is 0 Å². The molecule has 0 saturated heterocycles. The molecule has 1 unspecified atom stereocenters. The Balaban J connectivity index is 1.22. The number of benzene rings is 7. The van der Waals surface area contributed by atoms with E-state index in [2.05, 4.69) is 231 Å². The summed E-state index contributed by atoms with van der Waals surface area (Å²) in [6.07, 6.45) is 4.58. The van der Waals surface area contributed by atoms with Crippen molar-refractivity contribution in [1.29, 1.82) is 0 Å². The van der Waals surface area contributed by atoms with E-state index in [0.29, 0.717) is 0 Å². The van der Waals surface area contributed by atoms with Crippen molar-refractivity contribution in [2.24, 2.45) is 0 Å². The number of furan rings is 1. The number of aryl methyl sites for hydroxylation is 2. The number of anilines is 9. The van der Waals surface area contributed by atoms with Crippen molar-refractivity contribution in [3.05, 3.63) is 178 Å². The standard InChI is InChI=1S/C65H66BN3O/c1-39-23-30-53-45(35-39)58-60(70-53)66-48-27-25-47-55-59(48)69(50-29-26-46-54(64(10,11)32-31-62(46,6)7)56(50)65(55,12)34-33-63(47,8)9)52-38-44(67(42-19-15-13-16-20-42)43-21-17-14-18-22-43)37-51(57(52)66)68(58)49-28-24-41(36-40(49)2)61(3,4)5/h13-30,35-38H,31-34H2,1-12H3. The van der Waals surface area contributed by atoms with Gasteiger partial charge in [0.15, 0.2) is 0 Å². The highest BCUT2D eigenvalue weighted by atomic mass is 16.3. The largest absolute Gasteiger partial charge is 0.468 e. The maximum absolute atomic E-state index is 7.45. The van der Waals surface area contributed by atoms with E-state index in [-0.39, 0.29) is 33.8 Å². The van der Waals surface area contributed by atoms with Gasteiger partial charge in [-0.1, -0.05) is 148 Å². The van der Waals surface area contributed by atoms with Crippen LogP contribution >= 0.6 is 0 Å². The Morgan fingerprint density at radius 2 is 1.11 bits per heavy atom. The van der Waals surface area contributed by atoms with Crippen molar-refractivity contribution in [1.82, 2.24) is 0 Å². The summed E-state index contributed by atoms with van der Waals surface area (Å²) in [6, 6.07) is 51.0. The Kier molecular flexibility index (Phi) is 8.92. The molecule has 2 aliphatic carbocycles. The highest BCUT2D eigenvalue weighted by Gasteiger charge is 2.57. The van der Waals surface area contributed by atoms with Gasteiger partial charge in [0, 0.05) is 44.9 Å². The van der Waals surface area contributed by atoms with E-state index < -0.39 is 0 Å². The lowest BCUT2D eigenvalue weighted by molar-refractivity contribution is 0.311. The van der Waals surface area contributed by atoms with Crippen LogP contribution in [0.4, 0.5) is 51.2 Å². The molecule has 0 radical (unpaired) electrons. The molecule has 5 heteroatoms. The molecule has 0 bridgehead atoms. The lowest BCUT2D eigenvalue weighted by atomic mass is 9.34. The lowest BCUT2D eigenvalue weighted by Crippen LogP contribution is -2.62. The smallest absolute Gasteiger partial charge is 0.297 e. The van der Waals surface area contributed by atoms with Crippen LogP contribution in [0.1, 0.15) is 139 Å². The molecule has 4 nitrogen and oxygen atoms in total. The Morgan fingerprint density at radius 1 is 0.529 bits per heavy atom. The maximum Gasteiger partial charge on any atom is 0.297 e. The van der Waals surface area contributed by atoms with Crippen LogP contribution < -0.4 is 31.3 Å². The summed E-state index contributed by atoms with van der Waals surface area (Å²) in [7, 11) is 0. The summed E-state index contributed by atoms with van der Waals surface area (Å²) in [5.74, 6) is 0. The zero-order valence-corrected chi connectivity index (χ0v) is 43.4. The van der Waals surface area contributed by atoms with Crippen molar-refractivity contribution in [3.63, 3.8) is 0 Å². The van der Waals surface area contributed by atoms with Crippen LogP contribution in [0.2, 0.25) is 0 Å². The molecule has 5 aliphatic rings. The highest BCUT2D eigenvalue weighted by molar-refractivity contribution is 7.00. The predicted molar refractivity (Wildman–Crippen MR) is 297 cm³/mol. The van der Waals surface area contributed by atoms with Gasteiger partial charge < -0.3 is 19.1 Å². The van der Waals surface area contributed by atoms with Crippen molar-refractivity contribution in [2.45, 2.75) is 136 Å². The Bertz CT molecular complexity index is 3480. The first-order chi connectivity index (χ1) is 33.3. The first kappa shape index (κ1) is 43.6. The average molecular weight is 916 g/mol. The van der Waals surface area contributed by atoms with Gasteiger partial charge in [-0.25, -0.2) is 0 Å². The molecule has 1 atom stereocenters. The summed E-state index contributed by atoms with van der Waals surface area (Å²) in [6.45, 7) is 29.0. The Morgan fingerprint density at radius 3 is 1.76 bits per heavy atom. The summed E-state index contributed by atoms with van der Waals surface area (Å²) in [4.78, 5) is 7.83. The summed E-state index contributed by atoms with van der Waals surface area (Å²) in [5.41, 5.74) is 26.7. The van der Waals surface area contributed by atoms with E-state index in [9.17, 15) is 0 Å². The van der Waals surface area contributed by atoms with Gasteiger partial charge in [-0.2, -0.15) is 0 Å². The van der Waals surface area contributed by atoms with Crippen LogP contribution in [-0.2, 0) is 27.1 Å². The molecule has 1 aromatic heterocycles. The third-order valence-electron chi connectivity index (χ3n) is 17.8. The SMILES string of the molecule is Cc1ccc2oc3c(c2c1)N(c1ccc(C(C)(C)C)cc1C)c1cc(N(c2ccccc2)c2ccccc2)cc2c1B3c1ccc3c4c1N2c1ccc2c(c1C4(C)CCC3(C)C)C(C)(C)CCC2(C)C. The van der Waals surface area contributed by atoms with E-state index in [1.54, 1.807) is 11.1 Å². The van der Waals surface area contributed by atoms with E-state index in [1.807, 2.05) is 0 Å². The zero-order chi connectivity index (χ0) is 48.6. The molecule has 0 saturated carbocycles. The van der Waals surface area contributed by atoms with Gasteiger partial charge in [-0.05, 0) is 172 Å². The quantitative estimate of drug-likeness (QED) is 0.164. The second-order valence-corrected chi connectivity index (χ2v) is 24.9. The van der Waals surface area contributed by atoms with E-state index in [1.165, 1.54) is 79.2 Å². The van der Waals surface area contributed by atoms with Gasteiger partial charge in [0.1, 0.15) is 5.58 Å². The number of hydrogen-bond donors (Lipinski definition) is 0. The van der Waals surface area contributed by atoms with Crippen LogP contribution in [0.15, 0.2) is 138 Å². The fourth-order valence-electron chi connectivity index (χ4n) is 14.0. The molecule has 70 heavy (non-hydrogen) atoms. The molecule has 3 aliphatic heterocycles. The van der Waals surface area contributed by atoms with E-state index >= 15 is 0 Å². The molecule has 350 valence electrons. The first-order valence-corrected chi connectivity index (χ1v) is 26.0. The van der Waals surface area contributed by atoms with Crippen LogP contribution in [0.3, 0.4) is 0 Å². The molecular formula is C65H66BN3O. The molecule has 4 heterocycles. The Hall–Kier alpha value is -6.46. The van der Waals surface area contributed by atoms with Gasteiger partial charge in [0.05, 0.1) is 22.7 Å². The number of rotatable bonds is 4. The van der Waals surface area contributed by atoms with E-state index in [0.717, 1.165) is 58.6 Å². The van der Waals surface area contributed by atoms with Gasteiger partial charge in [0.2, 0.25) is 0 Å². The minimum Gasteiger partial charge on any atom is -0.468 e. The van der Waals surface area contributed by atoms with Crippen LogP contribution in [0, 0.1) is 13.8 Å². The molecular weight excluding hydrogens is 850 g/mol. The Labute approximate surface area is 416 Å². The summed E-state index contributed by atoms with van der Waals surface area (Å²) < 4.78 is 7.45. The number of nitrogens with zero attached hydrogens (tertiary/aromatic N) is 3. The summed E-state index contributed by atoms with van der Waals surface area (Å²) >= 11 is 0. The molecule has 8 aromatic rings. The topological polar surface area (TPSA) is 22.9 Å². The number of fused-ring (bicyclic) bond motifs is 11.